The van der Waals surface area contributed by atoms with E-state index in [9.17, 15) is 4.79 Å². The Hall–Kier alpha value is -1.75. The first-order valence-electron chi connectivity index (χ1n) is 9.63. The number of amides is 2. The Morgan fingerprint density at radius 2 is 1.92 bits per heavy atom. The lowest BCUT2D eigenvalue weighted by Gasteiger charge is -2.34. The van der Waals surface area contributed by atoms with E-state index in [4.69, 9.17) is 0 Å². The quantitative estimate of drug-likeness (QED) is 0.911. The van der Waals surface area contributed by atoms with Crippen LogP contribution in [0.3, 0.4) is 0 Å². The lowest BCUT2D eigenvalue weighted by molar-refractivity contribution is 0.188. The van der Waals surface area contributed by atoms with Crippen molar-refractivity contribution in [2.75, 3.05) is 43.4 Å². The van der Waals surface area contributed by atoms with Crippen LogP contribution in [0.4, 0.5) is 16.2 Å². The fraction of sp³-hybridized carbons (Fsp3) is 0.650. The van der Waals surface area contributed by atoms with Gasteiger partial charge in [-0.3, -0.25) is 0 Å². The maximum atomic E-state index is 12.8. The van der Waals surface area contributed by atoms with E-state index in [0.717, 1.165) is 56.7 Å². The van der Waals surface area contributed by atoms with E-state index in [0.29, 0.717) is 12.1 Å². The highest BCUT2D eigenvalue weighted by atomic mass is 16.2. The molecule has 0 aromatic heterocycles. The summed E-state index contributed by atoms with van der Waals surface area (Å²) in [7, 11) is 2.17. The van der Waals surface area contributed by atoms with Gasteiger partial charge in [0.2, 0.25) is 0 Å². The summed E-state index contributed by atoms with van der Waals surface area (Å²) in [5, 5.41) is 3.14. The van der Waals surface area contributed by atoms with Gasteiger partial charge < -0.3 is 20.0 Å². The molecule has 1 aromatic carbocycles. The fourth-order valence-electron chi connectivity index (χ4n) is 4.07. The summed E-state index contributed by atoms with van der Waals surface area (Å²) in [4.78, 5) is 19.6. The van der Waals surface area contributed by atoms with Gasteiger partial charge in [-0.05, 0) is 63.9 Å². The standard InChI is InChI=1S/C20H32N4O/c1-5-17-7-6-16(3)24(17)20(25)21-19-9-8-18(14-15(19)2)23-12-10-22(4)11-13-23/h8-9,14,16-17H,5-7,10-13H2,1-4H3,(H,21,25)/t16-,17-/m1/s1. The summed E-state index contributed by atoms with van der Waals surface area (Å²) in [5.41, 5.74) is 3.31. The molecule has 0 radical (unpaired) electrons. The van der Waals surface area contributed by atoms with Gasteiger partial charge >= 0.3 is 6.03 Å². The minimum Gasteiger partial charge on any atom is -0.369 e. The Kier molecular flexibility index (Phi) is 5.52. The highest BCUT2D eigenvalue weighted by molar-refractivity contribution is 5.91. The smallest absolute Gasteiger partial charge is 0.322 e. The highest BCUT2D eigenvalue weighted by Crippen LogP contribution is 2.28. The number of anilines is 2. The van der Waals surface area contributed by atoms with E-state index in [1.165, 1.54) is 5.69 Å². The van der Waals surface area contributed by atoms with Gasteiger partial charge in [0.25, 0.3) is 0 Å². The second-order valence-corrected chi connectivity index (χ2v) is 7.62. The number of urea groups is 1. The number of likely N-dealkylation sites (tertiary alicyclic amines) is 1. The first-order chi connectivity index (χ1) is 12.0. The van der Waals surface area contributed by atoms with Gasteiger partial charge in [0.05, 0.1) is 0 Å². The molecule has 0 aliphatic carbocycles. The van der Waals surface area contributed by atoms with E-state index in [1.54, 1.807) is 0 Å². The number of carbonyl (C=O) groups excluding carboxylic acids is 1. The lowest BCUT2D eigenvalue weighted by atomic mass is 10.1. The molecular formula is C20H32N4O. The molecular weight excluding hydrogens is 312 g/mol. The van der Waals surface area contributed by atoms with Crippen molar-refractivity contribution in [2.24, 2.45) is 0 Å². The number of likely N-dealkylation sites (N-methyl/N-ethyl adjacent to an activating group) is 1. The molecule has 2 amide bonds. The predicted octanol–water partition coefficient (Wildman–Crippen LogP) is 3.54. The number of nitrogens with one attached hydrogen (secondary N) is 1. The first-order valence-corrected chi connectivity index (χ1v) is 9.63. The predicted molar refractivity (Wildman–Crippen MR) is 105 cm³/mol. The molecule has 0 spiro atoms. The zero-order valence-electron chi connectivity index (χ0n) is 16.1. The van der Waals surface area contributed by atoms with Gasteiger partial charge in [-0.2, -0.15) is 0 Å². The van der Waals surface area contributed by atoms with Gasteiger partial charge in [-0.15, -0.1) is 0 Å². The lowest BCUT2D eigenvalue weighted by Crippen LogP contribution is -2.44. The van der Waals surface area contributed by atoms with Crippen molar-refractivity contribution in [3.63, 3.8) is 0 Å². The zero-order valence-corrected chi connectivity index (χ0v) is 16.1. The molecule has 2 saturated heterocycles. The summed E-state index contributed by atoms with van der Waals surface area (Å²) >= 11 is 0. The maximum absolute atomic E-state index is 12.8. The first kappa shape index (κ1) is 18.1. The van der Waals surface area contributed by atoms with E-state index in [1.807, 2.05) is 4.90 Å². The molecule has 5 heteroatoms. The molecule has 5 nitrogen and oxygen atoms in total. The Labute approximate surface area is 152 Å². The molecule has 2 aliphatic rings. The molecule has 138 valence electrons. The van der Waals surface area contributed by atoms with Crippen molar-refractivity contribution in [1.29, 1.82) is 0 Å². The van der Waals surface area contributed by atoms with Crippen molar-refractivity contribution in [3.05, 3.63) is 23.8 Å². The Morgan fingerprint density at radius 1 is 1.20 bits per heavy atom. The second-order valence-electron chi connectivity index (χ2n) is 7.62. The van der Waals surface area contributed by atoms with Crippen LogP contribution in [0.25, 0.3) is 0 Å². The van der Waals surface area contributed by atoms with E-state index >= 15 is 0 Å². The Morgan fingerprint density at radius 3 is 2.56 bits per heavy atom. The number of hydrogen-bond donors (Lipinski definition) is 1. The Bertz CT molecular complexity index is 610. The van der Waals surface area contributed by atoms with Crippen LogP contribution in [-0.2, 0) is 0 Å². The summed E-state index contributed by atoms with van der Waals surface area (Å²) in [6.45, 7) is 10.7. The molecule has 2 fully saturated rings. The normalized spacial score (nSPS) is 24.6. The van der Waals surface area contributed by atoms with Gasteiger partial charge in [0.1, 0.15) is 0 Å². The number of aryl methyl sites for hydroxylation is 1. The van der Waals surface area contributed by atoms with Crippen molar-refractivity contribution in [2.45, 2.75) is 52.1 Å². The number of nitrogens with zero attached hydrogens (tertiary/aromatic N) is 3. The molecule has 1 aromatic rings. The summed E-state index contributed by atoms with van der Waals surface area (Å²) in [5.74, 6) is 0. The van der Waals surface area contributed by atoms with E-state index in [2.05, 4.69) is 61.1 Å². The van der Waals surface area contributed by atoms with Crippen LogP contribution in [-0.4, -0.2) is 61.1 Å². The monoisotopic (exact) mass is 344 g/mol. The average molecular weight is 345 g/mol. The van der Waals surface area contributed by atoms with Crippen LogP contribution in [0.5, 0.6) is 0 Å². The fourth-order valence-corrected chi connectivity index (χ4v) is 4.07. The maximum Gasteiger partial charge on any atom is 0.322 e. The SMILES string of the molecule is CC[C@@H]1CC[C@@H](C)N1C(=O)Nc1ccc(N2CCN(C)CC2)cc1C. The van der Waals surface area contributed by atoms with Crippen molar-refractivity contribution in [3.8, 4) is 0 Å². The third kappa shape index (κ3) is 3.92. The number of hydrogen-bond acceptors (Lipinski definition) is 3. The van der Waals surface area contributed by atoms with Gasteiger partial charge in [0.15, 0.2) is 0 Å². The minimum absolute atomic E-state index is 0.0484. The zero-order chi connectivity index (χ0) is 18.0. The number of carbonyl (C=O) groups is 1. The topological polar surface area (TPSA) is 38.8 Å². The molecule has 0 saturated carbocycles. The highest BCUT2D eigenvalue weighted by Gasteiger charge is 2.33. The summed E-state index contributed by atoms with van der Waals surface area (Å²) in [6, 6.07) is 7.15. The van der Waals surface area contributed by atoms with Crippen molar-refractivity contribution < 1.29 is 4.79 Å². The molecule has 1 N–H and O–H groups in total. The van der Waals surface area contributed by atoms with Gasteiger partial charge in [0, 0.05) is 49.6 Å². The third-order valence-electron chi connectivity index (χ3n) is 5.81. The van der Waals surface area contributed by atoms with Crippen LogP contribution in [0.2, 0.25) is 0 Å². The number of piperazine rings is 1. The van der Waals surface area contributed by atoms with Gasteiger partial charge in [-0.25, -0.2) is 4.79 Å². The number of benzene rings is 1. The van der Waals surface area contributed by atoms with Crippen molar-refractivity contribution in [1.82, 2.24) is 9.80 Å². The summed E-state index contributed by atoms with van der Waals surface area (Å²) < 4.78 is 0. The summed E-state index contributed by atoms with van der Waals surface area (Å²) in [6.07, 6.45) is 3.25. The number of rotatable bonds is 3. The van der Waals surface area contributed by atoms with Crippen LogP contribution in [0.1, 0.15) is 38.7 Å². The van der Waals surface area contributed by atoms with Gasteiger partial charge in [-0.1, -0.05) is 6.92 Å². The molecule has 0 unspecified atom stereocenters. The second kappa shape index (κ2) is 7.65. The largest absolute Gasteiger partial charge is 0.369 e. The van der Waals surface area contributed by atoms with Crippen LogP contribution < -0.4 is 10.2 Å². The van der Waals surface area contributed by atoms with E-state index < -0.39 is 0 Å². The third-order valence-corrected chi connectivity index (χ3v) is 5.81. The molecule has 25 heavy (non-hydrogen) atoms. The molecule has 2 atom stereocenters. The van der Waals surface area contributed by atoms with E-state index in [-0.39, 0.29) is 6.03 Å². The van der Waals surface area contributed by atoms with Crippen LogP contribution >= 0.6 is 0 Å². The molecule has 2 aliphatic heterocycles. The average Bonchev–Trinajstić information content (AvgIpc) is 2.98. The molecule has 2 heterocycles. The van der Waals surface area contributed by atoms with Crippen LogP contribution in [0.15, 0.2) is 18.2 Å². The van der Waals surface area contributed by atoms with Crippen LogP contribution in [0, 0.1) is 6.92 Å². The minimum atomic E-state index is 0.0484. The Balaban J connectivity index is 1.68. The molecule has 3 rings (SSSR count). The van der Waals surface area contributed by atoms with Crippen molar-refractivity contribution >= 4 is 17.4 Å². The molecule has 0 bridgehead atoms.